The van der Waals surface area contributed by atoms with Gasteiger partial charge in [0.1, 0.15) is 5.72 Å². The highest BCUT2D eigenvalue weighted by atomic mass is 16.5. The summed E-state index contributed by atoms with van der Waals surface area (Å²) in [5.41, 5.74) is 1.12. The van der Waals surface area contributed by atoms with Crippen LogP contribution in [-0.2, 0) is 4.74 Å². The third-order valence-electron chi connectivity index (χ3n) is 2.33. The minimum atomic E-state index is -0.180. The molecule has 0 aliphatic carbocycles. The average Bonchev–Trinajstić information content (AvgIpc) is 2.48. The Morgan fingerprint density at radius 2 is 2.00 bits per heavy atom. The first-order valence-corrected chi connectivity index (χ1v) is 4.64. The van der Waals surface area contributed by atoms with E-state index in [1.165, 1.54) is 5.56 Å². The molecule has 1 aromatic carbocycles. The minimum absolute atomic E-state index is 0.180. The van der Waals surface area contributed by atoms with Crippen molar-refractivity contribution in [1.29, 1.82) is 0 Å². The van der Waals surface area contributed by atoms with Gasteiger partial charge >= 0.3 is 0 Å². The molecule has 1 saturated heterocycles. The number of hydrogen-bond acceptors (Lipinski definition) is 2. The van der Waals surface area contributed by atoms with E-state index in [9.17, 15) is 0 Å². The Balaban J connectivity index is 2.13. The monoisotopic (exact) mass is 177 g/mol. The highest BCUT2D eigenvalue weighted by Crippen LogP contribution is 2.24. The van der Waals surface area contributed by atoms with Gasteiger partial charge in [-0.25, -0.2) is 0 Å². The molecule has 1 fully saturated rings. The second-order valence-electron chi connectivity index (χ2n) is 3.93. The van der Waals surface area contributed by atoms with Gasteiger partial charge in [-0.05, 0) is 19.4 Å². The molecule has 1 heterocycles. The van der Waals surface area contributed by atoms with Gasteiger partial charge in [-0.15, -0.1) is 0 Å². The molecule has 1 aliphatic rings. The second-order valence-corrected chi connectivity index (χ2v) is 3.93. The lowest BCUT2D eigenvalue weighted by atomic mass is 10.1. The molecule has 2 rings (SSSR count). The van der Waals surface area contributed by atoms with Crippen LogP contribution in [-0.4, -0.2) is 12.3 Å². The van der Waals surface area contributed by atoms with Gasteiger partial charge in [-0.1, -0.05) is 30.3 Å². The molecule has 70 valence electrons. The van der Waals surface area contributed by atoms with Crippen LogP contribution in [0.1, 0.15) is 25.5 Å². The molecule has 0 radical (unpaired) electrons. The van der Waals surface area contributed by atoms with Crippen LogP contribution >= 0.6 is 0 Å². The van der Waals surface area contributed by atoms with E-state index >= 15 is 0 Å². The van der Waals surface area contributed by atoms with Crippen LogP contribution in [0.25, 0.3) is 0 Å². The number of benzene rings is 1. The van der Waals surface area contributed by atoms with Crippen LogP contribution in [0.15, 0.2) is 30.3 Å². The van der Waals surface area contributed by atoms with Gasteiger partial charge in [0.05, 0.1) is 12.6 Å². The first-order chi connectivity index (χ1) is 6.17. The van der Waals surface area contributed by atoms with Crippen LogP contribution in [0.4, 0.5) is 0 Å². The second kappa shape index (κ2) is 3.13. The Hall–Kier alpha value is -0.860. The van der Waals surface area contributed by atoms with Crippen molar-refractivity contribution in [2.24, 2.45) is 0 Å². The summed E-state index contributed by atoms with van der Waals surface area (Å²) in [4.78, 5) is 0. The molecule has 1 aromatic rings. The molecular weight excluding hydrogens is 162 g/mol. The molecule has 1 atom stereocenters. The maximum absolute atomic E-state index is 5.60. The quantitative estimate of drug-likeness (QED) is 0.709. The molecule has 0 saturated carbocycles. The normalized spacial score (nSPS) is 26.2. The van der Waals surface area contributed by atoms with E-state index in [1.807, 2.05) is 6.07 Å². The van der Waals surface area contributed by atoms with E-state index in [0.717, 1.165) is 6.61 Å². The van der Waals surface area contributed by atoms with Gasteiger partial charge < -0.3 is 4.74 Å². The van der Waals surface area contributed by atoms with Crippen molar-refractivity contribution in [3.05, 3.63) is 35.9 Å². The van der Waals surface area contributed by atoms with E-state index in [-0.39, 0.29) is 5.72 Å². The maximum atomic E-state index is 5.60. The van der Waals surface area contributed by atoms with Gasteiger partial charge in [0.25, 0.3) is 0 Å². The van der Waals surface area contributed by atoms with Crippen LogP contribution in [0, 0.1) is 0 Å². The molecule has 0 spiro atoms. The number of ether oxygens (including phenoxy) is 1. The van der Waals surface area contributed by atoms with E-state index in [2.05, 4.69) is 43.4 Å². The molecule has 13 heavy (non-hydrogen) atoms. The van der Waals surface area contributed by atoms with Crippen molar-refractivity contribution < 1.29 is 4.74 Å². The fourth-order valence-corrected chi connectivity index (χ4v) is 1.66. The van der Waals surface area contributed by atoms with Crippen molar-refractivity contribution in [3.8, 4) is 0 Å². The third kappa shape index (κ3) is 1.90. The Kier molecular flexibility index (Phi) is 2.10. The van der Waals surface area contributed by atoms with Crippen LogP contribution < -0.4 is 5.32 Å². The Morgan fingerprint density at radius 3 is 2.54 bits per heavy atom. The predicted molar refractivity (Wildman–Crippen MR) is 52.3 cm³/mol. The first kappa shape index (κ1) is 8.73. The fraction of sp³-hybridized carbons (Fsp3) is 0.455. The lowest BCUT2D eigenvalue weighted by molar-refractivity contribution is 0.0231. The van der Waals surface area contributed by atoms with Gasteiger partial charge in [0.15, 0.2) is 0 Å². The van der Waals surface area contributed by atoms with Crippen molar-refractivity contribution >= 4 is 0 Å². The summed E-state index contributed by atoms with van der Waals surface area (Å²) < 4.78 is 5.60. The summed E-state index contributed by atoms with van der Waals surface area (Å²) in [6.07, 6.45) is 0. The molecule has 1 N–H and O–H groups in total. The van der Waals surface area contributed by atoms with Crippen LogP contribution in [0.2, 0.25) is 0 Å². The third-order valence-corrected chi connectivity index (χ3v) is 2.33. The largest absolute Gasteiger partial charge is 0.359 e. The molecular formula is C11H15NO. The number of rotatable bonds is 1. The lowest BCUT2D eigenvalue weighted by Crippen LogP contribution is -2.34. The lowest BCUT2D eigenvalue weighted by Gasteiger charge is -2.18. The fourth-order valence-electron chi connectivity index (χ4n) is 1.66. The molecule has 0 bridgehead atoms. The van der Waals surface area contributed by atoms with Gasteiger partial charge in [-0.3, -0.25) is 5.32 Å². The SMILES string of the molecule is CC1(C)NC(c2ccccc2)CO1. The van der Waals surface area contributed by atoms with Crippen LogP contribution in [0.3, 0.4) is 0 Å². The summed E-state index contributed by atoms with van der Waals surface area (Å²) in [7, 11) is 0. The number of nitrogens with one attached hydrogen (secondary N) is 1. The van der Waals surface area contributed by atoms with E-state index in [0.29, 0.717) is 6.04 Å². The van der Waals surface area contributed by atoms with Crippen molar-refractivity contribution in [2.45, 2.75) is 25.6 Å². The summed E-state index contributed by atoms with van der Waals surface area (Å²) in [5.74, 6) is 0. The Morgan fingerprint density at radius 1 is 1.31 bits per heavy atom. The molecule has 0 aromatic heterocycles. The summed E-state index contributed by atoms with van der Waals surface area (Å²) >= 11 is 0. The molecule has 2 heteroatoms. The van der Waals surface area contributed by atoms with Gasteiger partial charge in [0.2, 0.25) is 0 Å². The highest BCUT2D eigenvalue weighted by molar-refractivity contribution is 5.20. The van der Waals surface area contributed by atoms with Crippen LogP contribution in [0.5, 0.6) is 0 Å². The van der Waals surface area contributed by atoms with E-state index in [1.54, 1.807) is 0 Å². The Labute approximate surface area is 78.9 Å². The summed E-state index contributed by atoms with van der Waals surface area (Å²) in [6, 6.07) is 10.7. The average molecular weight is 177 g/mol. The maximum Gasteiger partial charge on any atom is 0.114 e. The predicted octanol–water partition coefficient (Wildman–Crippen LogP) is 2.08. The van der Waals surface area contributed by atoms with Gasteiger partial charge in [-0.2, -0.15) is 0 Å². The smallest absolute Gasteiger partial charge is 0.114 e. The topological polar surface area (TPSA) is 21.3 Å². The van der Waals surface area contributed by atoms with E-state index in [4.69, 9.17) is 4.74 Å². The summed E-state index contributed by atoms with van der Waals surface area (Å²) in [6.45, 7) is 4.86. The molecule has 1 unspecified atom stereocenters. The highest BCUT2D eigenvalue weighted by Gasteiger charge is 2.31. The standard InChI is InChI=1S/C11H15NO/c1-11(2)12-10(8-13-11)9-6-4-3-5-7-9/h3-7,10,12H,8H2,1-2H3. The molecule has 1 aliphatic heterocycles. The van der Waals surface area contributed by atoms with Gasteiger partial charge in [0, 0.05) is 0 Å². The van der Waals surface area contributed by atoms with Crippen molar-refractivity contribution in [3.63, 3.8) is 0 Å². The molecule has 2 nitrogen and oxygen atoms in total. The van der Waals surface area contributed by atoms with E-state index < -0.39 is 0 Å². The zero-order valence-electron chi connectivity index (χ0n) is 8.08. The Bertz CT molecular complexity index is 281. The van der Waals surface area contributed by atoms with Crippen molar-refractivity contribution in [1.82, 2.24) is 5.32 Å². The minimum Gasteiger partial charge on any atom is -0.359 e. The first-order valence-electron chi connectivity index (χ1n) is 4.64. The zero-order valence-corrected chi connectivity index (χ0v) is 8.08. The summed E-state index contributed by atoms with van der Waals surface area (Å²) in [5, 5.41) is 3.42. The number of hydrogen-bond donors (Lipinski definition) is 1. The zero-order chi connectivity index (χ0) is 9.31. The molecule has 0 amide bonds. The van der Waals surface area contributed by atoms with Crippen molar-refractivity contribution in [2.75, 3.05) is 6.61 Å².